The summed E-state index contributed by atoms with van der Waals surface area (Å²) in [7, 11) is 3.02. The molecule has 0 bridgehead atoms. The fourth-order valence-corrected chi connectivity index (χ4v) is 4.32. The van der Waals surface area contributed by atoms with Crippen LogP contribution in [0.5, 0.6) is 11.5 Å². The Hall–Kier alpha value is -3.35. The van der Waals surface area contributed by atoms with Gasteiger partial charge in [0.2, 0.25) is 11.2 Å². The summed E-state index contributed by atoms with van der Waals surface area (Å²) in [5.41, 5.74) is 3.63. The molecule has 0 unspecified atom stereocenters. The fraction of sp³-hybridized carbons (Fsp3) is 0.259. The van der Waals surface area contributed by atoms with Gasteiger partial charge in [0.15, 0.2) is 5.76 Å². The van der Waals surface area contributed by atoms with E-state index in [0.29, 0.717) is 33.1 Å². The van der Waals surface area contributed by atoms with Crippen LogP contribution in [0.4, 0.5) is 0 Å². The molecule has 0 amide bonds. The van der Waals surface area contributed by atoms with Crippen LogP contribution >= 0.6 is 11.6 Å². The Morgan fingerprint density at radius 3 is 2.32 bits per heavy atom. The number of pyridine rings is 1. The summed E-state index contributed by atoms with van der Waals surface area (Å²) in [4.78, 5) is 20.1. The molecule has 0 atom stereocenters. The van der Waals surface area contributed by atoms with Crippen molar-refractivity contribution in [1.29, 1.82) is 0 Å². The highest BCUT2D eigenvalue weighted by Gasteiger charge is 2.21. The van der Waals surface area contributed by atoms with E-state index in [1.54, 1.807) is 37.7 Å². The summed E-state index contributed by atoms with van der Waals surface area (Å²) in [5, 5.41) is 0.880. The molecule has 176 valence electrons. The molecule has 2 heterocycles. The third kappa shape index (κ3) is 4.52. The minimum absolute atomic E-state index is 0.134. The van der Waals surface area contributed by atoms with Gasteiger partial charge in [0.05, 0.1) is 24.6 Å². The number of halogens is 1. The molecule has 0 fully saturated rings. The maximum atomic E-state index is 13.7. The van der Waals surface area contributed by atoms with Crippen LogP contribution in [0, 0.1) is 0 Å². The SMILES string of the molecule is CCN(CC)Cc1cc(-c2ccncc2)c2oc(-c3ccc(OC)c(Cl)c3)c(OC)c(=O)c2c1. The molecule has 2 aromatic carbocycles. The van der Waals surface area contributed by atoms with E-state index in [1.807, 2.05) is 18.2 Å². The van der Waals surface area contributed by atoms with E-state index in [9.17, 15) is 4.79 Å². The molecule has 0 radical (unpaired) electrons. The zero-order valence-corrected chi connectivity index (χ0v) is 20.5. The van der Waals surface area contributed by atoms with Crippen molar-refractivity contribution in [3.8, 4) is 33.9 Å². The topological polar surface area (TPSA) is 64.8 Å². The highest BCUT2D eigenvalue weighted by Crippen LogP contribution is 2.38. The van der Waals surface area contributed by atoms with Crippen LogP contribution in [0.25, 0.3) is 33.4 Å². The van der Waals surface area contributed by atoms with Crippen LogP contribution in [0.1, 0.15) is 19.4 Å². The number of methoxy groups -OCH3 is 2. The molecule has 0 spiro atoms. The van der Waals surface area contributed by atoms with Crippen LogP contribution in [-0.4, -0.2) is 37.2 Å². The van der Waals surface area contributed by atoms with Gasteiger partial charge in [0, 0.05) is 30.1 Å². The standard InChI is InChI=1S/C27H27ClN2O4/c1-5-30(6-2)16-17-13-20(18-9-11-29-12-10-18)26-21(14-17)24(31)27(33-4)25(34-26)19-7-8-23(32-3)22(28)15-19/h7-15H,5-6,16H2,1-4H3. The first-order valence-electron chi connectivity index (χ1n) is 11.1. The largest absolute Gasteiger partial charge is 0.495 e. The Morgan fingerprint density at radius 2 is 1.71 bits per heavy atom. The van der Waals surface area contributed by atoms with Gasteiger partial charge in [-0.3, -0.25) is 14.7 Å². The van der Waals surface area contributed by atoms with E-state index in [1.165, 1.54) is 7.11 Å². The van der Waals surface area contributed by atoms with Crippen molar-refractivity contribution in [3.05, 3.63) is 75.7 Å². The summed E-state index contributed by atoms with van der Waals surface area (Å²) in [6.07, 6.45) is 3.45. The lowest BCUT2D eigenvalue weighted by molar-refractivity contribution is 0.296. The second-order valence-electron chi connectivity index (χ2n) is 7.86. The number of ether oxygens (including phenoxy) is 2. The lowest BCUT2D eigenvalue weighted by atomic mass is 9.99. The number of hydrogen-bond donors (Lipinski definition) is 0. The van der Waals surface area contributed by atoms with E-state index >= 15 is 0 Å². The number of hydrogen-bond acceptors (Lipinski definition) is 6. The Labute approximate surface area is 203 Å². The molecule has 0 aliphatic rings. The third-order valence-corrected chi connectivity index (χ3v) is 6.22. The maximum absolute atomic E-state index is 13.7. The molecule has 0 aliphatic carbocycles. The van der Waals surface area contributed by atoms with Gasteiger partial charge in [-0.25, -0.2) is 0 Å². The predicted octanol–water partition coefficient (Wildman–Crippen LogP) is 6.03. The van der Waals surface area contributed by atoms with Gasteiger partial charge in [0.25, 0.3) is 0 Å². The Kier molecular flexibility index (Phi) is 7.20. The van der Waals surface area contributed by atoms with E-state index in [4.69, 9.17) is 25.5 Å². The van der Waals surface area contributed by atoms with Crippen molar-refractivity contribution in [2.75, 3.05) is 27.3 Å². The smallest absolute Gasteiger partial charge is 0.235 e. The highest BCUT2D eigenvalue weighted by atomic mass is 35.5. The van der Waals surface area contributed by atoms with Gasteiger partial charge in [-0.1, -0.05) is 25.4 Å². The Balaban J connectivity index is 2.02. The first kappa shape index (κ1) is 23.8. The maximum Gasteiger partial charge on any atom is 0.235 e. The molecular weight excluding hydrogens is 452 g/mol. The van der Waals surface area contributed by atoms with Gasteiger partial charge in [-0.05, 0) is 66.7 Å². The zero-order chi connectivity index (χ0) is 24.2. The van der Waals surface area contributed by atoms with E-state index in [2.05, 4.69) is 29.8 Å². The summed E-state index contributed by atoms with van der Waals surface area (Å²) in [5.74, 6) is 0.983. The molecule has 2 aromatic heterocycles. The van der Waals surface area contributed by atoms with Gasteiger partial charge >= 0.3 is 0 Å². The average Bonchev–Trinajstić information content (AvgIpc) is 2.87. The quantitative estimate of drug-likeness (QED) is 0.308. The number of aromatic nitrogens is 1. The summed E-state index contributed by atoms with van der Waals surface area (Å²) >= 11 is 6.36. The molecular formula is C27H27ClN2O4. The summed E-state index contributed by atoms with van der Waals surface area (Å²) in [6.45, 7) is 6.79. The normalized spacial score (nSPS) is 11.2. The van der Waals surface area contributed by atoms with Crippen molar-refractivity contribution in [2.24, 2.45) is 0 Å². The van der Waals surface area contributed by atoms with Crippen LogP contribution in [0.3, 0.4) is 0 Å². The Bertz CT molecular complexity index is 1360. The highest BCUT2D eigenvalue weighted by molar-refractivity contribution is 6.32. The molecule has 0 saturated carbocycles. The van der Waals surface area contributed by atoms with Gasteiger partial charge < -0.3 is 13.9 Å². The molecule has 0 aliphatic heterocycles. The number of rotatable bonds is 8. The Morgan fingerprint density at radius 1 is 0.971 bits per heavy atom. The monoisotopic (exact) mass is 478 g/mol. The third-order valence-electron chi connectivity index (χ3n) is 5.92. The minimum atomic E-state index is -0.234. The molecule has 34 heavy (non-hydrogen) atoms. The predicted molar refractivity (Wildman–Crippen MR) is 136 cm³/mol. The average molecular weight is 479 g/mol. The van der Waals surface area contributed by atoms with Gasteiger partial charge in [-0.15, -0.1) is 0 Å². The van der Waals surface area contributed by atoms with Crippen LogP contribution in [-0.2, 0) is 6.54 Å². The molecule has 4 aromatic rings. The zero-order valence-electron chi connectivity index (χ0n) is 19.7. The molecule has 0 saturated heterocycles. The van der Waals surface area contributed by atoms with Gasteiger partial charge in [0.1, 0.15) is 11.3 Å². The van der Waals surface area contributed by atoms with Gasteiger partial charge in [-0.2, -0.15) is 0 Å². The first-order chi connectivity index (χ1) is 16.5. The minimum Gasteiger partial charge on any atom is -0.495 e. The summed E-state index contributed by atoms with van der Waals surface area (Å²) in [6, 6.07) is 13.0. The summed E-state index contributed by atoms with van der Waals surface area (Å²) < 4.78 is 17.2. The number of nitrogens with zero attached hydrogens (tertiary/aromatic N) is 2. The number of benzene rings is 2. The van der Waals surface area contributed by atoms with Crippen molar-refractivity contribution >= 4 is 22.6 Å². The van der Waals surface area contributed by atoms with Crippen LogP contribution in [0.15, 0.2) is 64.1 Å². The fourth-order valence-electron chi connectivity index (χ4n) is 4.07. The van der Waals surface area contributed by atoms with Crippen molar-refractivity contribution in [2.45, 2.75) is 20.4 Å². The first-order valence-corrected chi connectivity index (χ1v) is 11.5. The lowest BCUT2D eigenvalue weighted by Gasteiger charge is -2.19. The lowest BCUT2D eigenvalue weighted by Crippen LogP contribution is -2.22. The van der Waals surface area contributed by atoms with E-state index in [-0.39, 0.29) is 11.2 Å². The second kappa shape index (κ2) is 10.3. The molecule has 6 nitrogen and oxygen atoms in total. The van der Waals surface area contributed by atoms with Crippen molar-refractivity contribution in [1.82, 2.24) is 9.88 Å². The van der Waals surface area contributed by atoms with E-state index < -0.39 is 0 Å². The van der Waals surface area contributed by atoms with Crippen molar-refractivity contribution in [3.63, 3.8) is 0 Å². The van der Waals surface area contributed by atoms with Crippen LogP contribution in [0.2, 0.25) is 5.02 Å². The number of fused-ring (bicyclic) bond motifs is 1. The van der Waals surface area contributed by atoms with Crippen molar-refractivity contribution < 1.29 is 13.9 Å². The van der Waals surface area contributed by atoms with Crippen LogP contribution < -0.4 is 14.9 Å². The van der Waals surface area contributed by atoms with E-state index in [0.717, 1.165) is 36.3 Å². The molecule has 4 rings (SSSR count). The molecule has 7 heteroatoms. The second-order valence-corrected chi connectivity index (χ2v) is 8.27. The molecule has 0 N–H and O–H groups in total.